The number of aromatic nitrogens is 2. The second-order valence-corrected chi connectivity index (χ2v) is 6.07. The summed E-state index contributed by atoms with van der Waals surface area (Å²) in [7, 11) is 0. The highest BCUT2D eigenvalue weighted by Crippen LogP contribution is 2.27. The number of aryl methyl sites for hydroxylation is 1. The van der Waals surface area contributed by atoms with E-state index in [2.05, 4.69) is 43.0 Å². The van der Waals surface area contributed by atoms with E-state index < -0.39 is 0 Å². The first kappa shape index (κ1) is 14.6. The van der Waals surface area contributed by atoms with Crippen LogP contribution in [-0.2, 0) is 5.41 Å². The van der Waals surface area contributed by atoms with Gasteiger partial charge in [0, 0.05) is 18.0 Å². The normalized spacial score (nSPS) is 11.7. The van der Waals surface area contributed by atoms with Gasteiger partial charge in [-0.15, -0.1) is 0 Å². The minimum Gasteiger partial charge on any atom is -0.461 e. The lowest BCUT2D eigenvalue weighted by Gasteiger charge is -2.19. The smallest absolute Gasteiger partial charge is 0.198 e. The van der Waals surface area contributed by atoms with Crippen LogP contribution in [0.15, 0.2) is 22.8 Å². The van der Waals surface area contributed by atoms with Crippen molar-refractivity contribution in [3.63, 3.8) is 0 Å². The second-order valence-electron chi connectivity index (χ2n) is 6.07. The molecule has 0 unspecified atom stereocenters. The van der Waals surface area contributed by atoms with Crippen LogP contribution in [0, 0.1) is 6.92 Å². The lowest BCUT2D eigenvalue weighted by atomic mass is 9.92. The maximum Gasteiger partial charge on any atom is 0.198 e. The molecular formula is C16H23N3O. The Kier molecular flexibility index (Phi) is 4.12. The number of nitrogens with zero attached hydrogens (tertiary/aromatic N) is 2. The van der Waals surface area contributed by atoms with Crippen molar-refractivity contribution in [3.05, 3.63) is 29.7 Å². The highest BCUT2D eigenvalue weighted by atomic mass is 16.3. The molecule has 0 aromatic carbocycles. The summed E-state index contributed by atoms with van der Waals surface area (Å²) in [5, 5.41) is 3.34. The molecule has 2 aromatic rings. The van der Waals surface area contributed by atoms with Crippen LogP contribution in [0.2, 0.25) is 0 Å². The van der Waals surface area contributed by atoms with Gasteiger partial charge < -0.3 is 9.73 Å². The van der Waals surface area contributed by atoms with E-state index in [0.717, 1.165) is 35.8 Å². The molecule has 2 heterocycles. The summed E-state index contributed by atoms with van der Waals surface area (Å²) < 4.78 is 5.52. The standard InChI is InChI=1S/C16H23N3O/c1-6-8-17-13-10-12(16(3,4)5)18-15(19-13)14-11(2)7-9-20-14/h7,9-10H,6,8H2,1-5H3,(H,17,18,19). The number of hydrogen-bond donors (Lipinski definition) is 1. The highest BCUT2D eigenvalue weighted by Gasteiger charge is 2.20. The molecule has 0 amide bonds. The molecule has 2 rings (SSSR count). The van der Waals surface area contributed by atoms with Gasteiger partial charge in [0.25, 0.3) is 0 Å². The van der Waals surface area contributed by atoms with Gasteiger partial charge in [0.1, 0.15) is 5.82 Å². The summed E-state index contributed by atoms with van der Waals surface area (Å²) in [6.07, 6.45) is 2.74. The van der Waals surface area contributed by atoms with Gasteiger partial charge in [-0.3, -0.25) is 0 Å². The summed E-state index contributed by atoms with van der Waals surface area (Å²) >= 11 is 0. The molecule has 20 heavy (non-hydrogen) atoms. The van der Waals surface area contributed by atoms with Crippen LogP contribution in [0.25, 0.3) is 11.6 Å². The van der Waals surface area contributed by atoms with Crippen molar-refractivity contribution in [1.29, 1.82) is 0 Å². The van der Waals surface area contributed by atoms with E-state index >= 15 is 0 Å². The maximum absolute atomic E-state index is 5.52. The molecule has 1 N–H and O–H groups in total. The Hall–Kier alpha value is -1.84. The molecule has 0 atom stereocenters. The van der Waals surface area contributed by atoms with Gasteiger partial charge >= 0.3 is 0 Å². The quantitative estimate of drug-likeness (QED) is 0.908. The number of hydrogen-bond acceptors (Lipinski definition) is 4. The number of anilines is 1. The average Bonchev–Trinajstić information content (AvgIpc) is 2.81. The molecule has 4 nitrogen and oxygen atoms in total. The van der Waals surface area contributed by atoms with E-state index in [-0.39, 0.29) is 5.41 Å². The van der Waals surface area contributed by atoms with Crippen molar-refractivity contribution in [3.8, 4) is 11.6 Å². The predicted octanol–water partition coefficient (Wildman–Crippen LogP) is 4.16. The minimum atomic E-state index is -0.0270. The molecule has 0 aliphatic rings. The molecule has 0 radical (unpaired) electrons. The fourth-order valence-corrected chi connectivity index (χ4v) is 1.88. The monoisotopic (exact) mass is 273 g/mol. The minimum absolute atomic E-state index is 0.0270. The second kappa shape index (κ2) is 5.65. The molecule has 0 aliphatic carbocycles. The molecule has 0 fully saturated rings. The largest absolute Gasteiger partial charge is 0.461 e. The van der Waals surface area contributed by atoms with Crippen molar-refractivity contribution in [2.75, 3.05) is 11.9 Å². The van der Waals surface area contributed by atoms with E-state index in [1.54, 1.807) is 6.26 Å². The zero-order valence-corrected chi connectivity index (χ0v) is 12.9. The molecule has 4 heteroatoms. The summed E-state index contributed by atoms with van der Waals surface area (Å²) in [5.41, 5.74) is 2.04. The topological polar surface area (TPSA) is 51.0 Å². The first-order valence-corrected chi connectivity index (χ1v) is 7.09. The lowest BCUT2D eigenvalue weighted by molar-refractivity contribution is 0.556. The zero-order valence-electron chi connectivity index (χ0n) is 12.9. The van der Waals surface area contributed by atoms with Crippen LogP contribution in [0.3, 0.4) is 0 Å². The van der Waals surface area contributed by atoms with E-state index in [4.69, 9.17) is 4.42 Å². The van der Waals surface area contributed by atoms with Crippen molar-refractivity contribution < 1.29 is 4.42 Å². The van der Waals surface area contributed by atoms with E-state index in [0.29, 0.717) is 5.82 Å². The Labute approximate surface area is 120 Å². The van der Waals surface area contributed by atoms with Gasteiger partial charge in [-0.1, -0.05) is 27.7 Å². The molecule has 0 saturated heterocycles. The van der Waals surface area contributed by atoms with Crippen LogP contribution in [0.1, 0.15) is 45.4 Å². The van der Waals surface area contributed by atoms with E-state index in [1.165, 1.54) is 0 Å². The van der Waals surface area contributed by atoms with Gasteiger partial charge in [0.15, 0.2) is 11.6 Å². The fraction of sp³-hybridized carbons (Fsp3) is 0.500. The van der Waals surface area contributed by atoms with Crippen molar-refractivity contribution in [1.82, 2.24) is 9.97 Å². The van der Waals surface area contributed by atoms with Gasteiger partial charge in [0.2, 0.25) is 0 Å². The van der Waals surface area contributed by atoms with Gasteiger partial charge in [-0.05, 0) is 25.0 Å². The van der Waals surface area contributed by atoms with Gasteiger partial charge in [0.05, 0.1) is 12.0 Å². The Morgan fingerprint density at radius 2 is 2.00 bits per heavy atom. The predicted molar refractivity (Wildman–Crippen MR) is 82.0 cm³/mol. The molecule has 0 saturated carbocycles. The van der Waals surface area contributed by atoms with Crippen LogP contribution in [0.5, 0.6) is 0 Å². The number of rotatable bonds is 4. The molecule has 0 aliphatic heterocycles. The first-order chi connectivity index (χ1) is 9.41. The molecule has 108 valence electrons. The number of nitrogens with one attached hydrogen (secondary N) is 1. The summed E-state index contributed by atoms with van der Waals surface area (Å²) in [5.74, 6) is 2.26. The fourth-order valence-electron chi connectivity index (χ4n) is 1.88. The van der Waals surface area contributed by atoms with Crippen LogP contribution in [-0.4, -0.2) is 16.5 Å². The van der Waals surface area contributed by atoms with Gasteiger partial charge in [-0.25, -0.2) is 9.97 Å². The van der Waals surface area contributed by atoms with Crippen LogP contribution >= 0.6 is 0 Å². The third-order valence-electron chi connectivity index (χ3n) is 3.12. The van der Waals surface area contributed by atoms with Crippen LogP contribution < -0.4 is 5.32 Å². The Morgan fingerprint density at radius 1 is 1.25 bits per heavy atom. The Balaban J connectivity index is 2.48. The van der Waals surface area contributed by atoms with Crippen molar-refractivity contribution in [2.24, 2.45) is 0 Å². The van der Waals surface area contributed by atoms with E-state index in [9.17, 15) is 0 Å². The Bertz CT molecular complexity index is 582. The average molecular weight is 273 g/mol. The lowest BCUT2D eigenvalue weighted by Crippen LogP contribution is -2.16. The maximum atomic E-state index is 5.52. The number of furan rings is 1. The molecule has 2 aromatic heterocycles. The molecule has 0 spiro atoms. The SMILES string of the molecule is CCCNc1cc(C(C)(C)C)nc(-c2occc2C)n1. The summed E-state index contributed by atoms with van der Waals surface area (Å²) in [4.78, 5) is 9.24. The van der Waals surface area contributed by atoms with Crippen molar-refractivity contribution in [2.45, 2.75) is 46.5 Å². The third-order valence-corrected chi connectivity index (χ3v) is 3.12. The summed E-state index contributed by atoms with van der Waals surface area (Å²) in [6, 6.07) is 3.96. The highest BCUT2D eigenvalue weighted by molar-refractivity contribution is 5.55. The van der Waals surface area contributed by atoms with Crippen molar-refractivity contribution >= 4 is 5.82 Å². The molecular weight excluding hydrogens is 250 g/mol. The molecule has 0 bridgehead atoms. The van der Waals surface area contributed by atoms with E-state index in [1.807, 2.05) is 19.1 Å². The third kappa shape index (κ3) is 3.18. The zero-order chi connectivity index (χ0) is 14.8. The summed E-state index contributed by atoms with van der Waals surface area (Å²) in [6.45, 7) is 11.5. The van der Waals surface area contributed by atoms with Crippen LogP contribution in [0.4, 0.5) is 5.82 Å². The first-order valence-electron chi connectivity index (χ1n) is 7.09. The van der Waals surface area contributed by atoms with Gasteiger partial charge in [-0.2, -0.15) is 0 Å². The Morgan fingerprint density at radius 3 is 2.55 bits per heavy atom.